The van der Waals surface area contributed by atoms with Crippen LogP contribution in [-0.2, 0) is 10.2 Å². The Kier molecular flexibility index (Phi) is 4.93. The fourth-order valence-corrected chi connectivity index (χ4v) is 5.29. The largest absolute Gasteiger partial charge is 0.497 e. The van der Waals surface area contributed by atoms with Gasteiger partial charge in [0.05, 0.1) is 24.7 Å². The van der Waals surface area contributed by atoms with E-state index in [0.29, 0.717) is 11.8 Å². The number of aliphatic hydroxyl groups excluding tert-OH is 1. The summed E-state index contributed by atoms with van der Waals surface area (Å²) in [5.74, 6) is 2.03. The highest BCUT2D eigenvalue weighted by molar-refractivity contribution is 5.89. The molecule has 4 rings (SSSR count). The Hall–Kier alpha value is -1.59. The van der Waals surface area contributed by atoms with Gasteiger partial charge >= 0.3 is 0 Å². The van der Waals surface area contributed by atoms with Crippen molar-refractivity contribution >= 4 is 5.91 Å². The van der Waals surface area contributed by atoms with Crippen LogP contribution in [0.3, 0.4) is 0 Å². The highest BCUT2D eigenvalue weighted by Gasteiger charge is 2.45. The molecule has 0 bridgehead atoms. The van der Waals surface area contributed by atoms with Crippen molar-refractivity contribution in [3.8, 4) is 5.75 Å². The second kappa shape index (κ2) is 7.20. The van der Waals surface area contributed by atoms with Crippen molar-refractivity contribution in [3.63, 3.8) is 0 Å². The summed E-state index contributed by atoms with van der Waals surface area (Å²) < 4.78 is 5.26. The number of carbonyl (C=O) groups is 1. The molecule has 3 aliphatic rings. The maximum absolute atomic E-state index is 13.4. The molecule has 5 nitrogen and oxygen atoms in total. The maximum atomic E-state index is 13.4. The minimum atomic E-state index is -0.462. The molecule has 1 aromatic carbocycles. The molecule has 0 spiro atoms. The van der Waals surface area contributed by atoms with Crippen LogP contribution in [0.5, 0.6) is 5.75 Å². The summed E-state index contributed by atoms with van der Waals surface area (Å²) in [6, 6.07) is 7.80. The van der Waals surface area contributed by atoms with Crippen molar-refractivity contribution in [2.24, 2.45) is 11.8 Å². The van der Waals surface area contributed by atoms with E-state index in [4.69, 9.17) is 4.74 Å². The van der Waals surface area contributed by atoms with Gasteiger partial charge in [0.15, 0.2) is 0 Å². The van der Waals surface area contributed by atoms with Crippen LogP contribution in [0.25, 0.3) is 0 Å². The quantitative estimate of drug-likeness (QED) is 0.770. The summed E-state index contributed by atoms with van der Waals surface area (Å²) in [6.07, 6.45) is 5.13. The van der Waals surface area contributed by atoms with E-state index in [9.17, 15) is 9.90 Å². The van der Waals surface area contributed by atoms with Crippen LogP contribution in [0.2, 0.25) is 0 Å². The lowest BCUT2D eigenvalue weighted by atomic mass is 9.75. The Morgan fingerprint density at radius 2 is 1.81 bits per heavy atom. The monoisotopic (exact) mass is 358 g/mol. The van der Waals surface area contributed by atoms with Gasteiger partial charge in [-0.25, -0.2) is 0 Å². The third-order valence-electron chi connectivity index (χ3n) is 6.90. The van der Waals surface area contributed by atoms with E-state index < -0.39 is 11.5 Å². The number of aliphatic hydroxyl groups is 1. The first-order chi connectivity index (χ1) is 12.6. The first-order valence-corrected chi connectivity index (χ1v) is 9.97. The van der Waals surface area contributed by atoms with Gasteiger partial charge in [-0.3, -0.25) is 4.79 Å². The number of rotatable bonds is 4. The lowest BCUT2D eigenvalue weighted by Gasteiger charge is -2.38. The molecule has 0 radical (unpaired) electrons. The van der Waals surface area contributed by atoms with Crippen LogP contribution >= 0.6 is 0 Å². The second-order valence-corrected chi connectivity index (χ2v) is 8.31. The lowest BCUT2D eigenvalue weighted by molar-refractivity contribution is -0.129. The van der Waals surface area contributed by atoms with Crippen molar-refractivity contribution in [2.45, 2.75) is 56.1 Å². The molecule has 1 heterocycles. The van der Waals surface area contributed by atoms with Crippen molar-refractivity contribution in [2.75, 3.05) is 20.2 Å². The molecule has 4 atom stereocenters. The number of hydrogen-bond acceptors (Lipinski definition) is 4. The summed E-state index contributed by atoms with van der Waals surface area (Å²) in [4.78, 5) is 13.4. The molecular formula is C21H30N2O3. The molecule has 2 saturated carbocycles. The van der Waals surface area contributed by atoms with E-state index >= 15 is 0 Å². The third kappa shape index (κ3) is 3.12. The van der Waals surface area contributed by atoms with Crippen LogP contribution in [0, 0.1) is 11.8 Å². The van der Waals surface area contributed by atoms with Gasteiger partial charge in [-0.15, -0.1) is 0 Å². The predicted molar refractivity (Wildman–Crippen MR) is 100 cm³/mol. The Balaban J connectivity index is 1.52. The fourth-order valence-electron chi connectivity index (χ4n) is 5.29. The molecule has 3 fully saturated rings. The molecule has 0 aromatic heterocycles. The van der Waals surface area contributed by atoms with Crippen LogP contribution in [-0.4, -0.2) is 43.4 Å². The van der Waals surface area contributed by atoms with Crippen molar-refractivity contribution in [3.05, 3.63) is 29.8 Å². The Bertz CT molecular complexity index is 639. The molecule has 1 aliphatic heterocycles. The van der Waals surface area contributed by atoms with Gasteiger partial charge in [-0.2, -0.15) is 0 Å². The first-order valence-electron chi connectivity index (χ1n) is 9.97. The zero-order chi connectivity index (χ0) is 18.1. The highest BCUT2D eigenvalue weighted by Crippen LogP contribution is 2.42. The topological polar surface area (TPSA) is 70.6 Å². The van der Waals surface area contributed by atoms with E-state index in [-0.39, 0.29) is 11.9 Å². The van der Waals surface area contributed by atoms with E-state index in [2.05, 4.69) is 10.6 Å². The van der Waals surface area contributed by atoms with E-state index in [0.717, 1.165) is 62.9 Å². The van der Waals surface area contributed by atoms with Gasteiger partial charge in [-0.05, 0) is 68.3 Å². The number of amides is 1. The van der Waals surface area contributed by atoms with Gasteiger partial charge < -0.3 is 20.5 Å². The number of ether oxygens (including phenoxy) is 1. The smallest absolute Gasteiger partial charge is 0.230 e. The standard InChI is InChI=1S/C21H30N2O3/c1-26-17-6-4-16(5-7-17)21(8-2-3-9-21)20(25)23-18-10-14-12-22-13-15(14)11-19(18)24/h4-7,14-15,18-19,22,24H,2-3,8-13H2,1H3,(H,23,25)/t14-,15+,18-,19-/m0/s1. The lowest BCUT2D eigenvalue weighted by Crippen LogP contribution is -2.54. The molecule has 5 heteroatoms. The molecular weight excluding hydrogens is 328 g/mol. The van der Waals surface area contributed by atoms with Crippen molar-refractivity contribution in [1.29, 1.82) is 0 Å². The third-order valence-corrected chi connectivity index (χ3v) is 6.90. The van der Waals surface area contributed by atoms with Crippen LogP contribution in [0.15, 0.2) is 24.3 Å². The Morgan fingerprint density at radius 3 is 2.46 bits per heavy atom. The van der Waals surface area contributed by atoms with Crippen LogP contribution in [0.1, 0.15) is 44.1 Å². The number of methoxy groups -OCH3 is 1. The van der Waals surface area contributed by atoms with Gasteiger partial charge in [0.25, 0.3) is 0 Å². The summed E-state index contributed by atoms with van der Waals surface area (Å²) in [6.45, 7) is 2.01. The summed E-state index contributed by atoms with van der Waals surface area (Å²) in [7, 11) is 1.66. The fraction of sp³-hybridized carbons (Fsp3) is 0.667. The molecule has 1 amide bonds. The van der Waals surface area contributed by atoms with E-state index in [1.807, 2.05) is 24.3 Å². The number of carbonyl (C=O) groups excluding carboxylic acids is 1. The van der Waals surface area contributed by atoms with Gasteiger partial charge in [0, 0.05) is 0 Å². The van der Waals surface area contributed by atoms with E-state index in [1.54, 1.807) is 7.11 Å². The Labute approximate surface area is 155 Å². The molecule has 1 saturated heterocycles. The summed E-state index contributed by atoms with van der Waals surface area (Å²) in [5.41, 5.74) is 0.607. The molecule has 142 valence electrons. The highest BCUT2D eigenvalue weighted by atomic mass is 16.5. The van der Waals surface area contributed by atoms with Gasteiger partial charge in [0.1, 0.15) is 5.75 Å². The molecule has 2 aliphatic carbocycles. The normalized spacial score (nSPS) is 32.8. The molecule has 0 unspecified atom stereocenters. The zero-order valence-corrected chi connectivity index (χ0v) is 15.5. The van der Waals surface area contributed by atoms with Crippen molar-refractivity contribution < 1.29 is 14.6 Å². The second-order valence-electron chi connectivity index (χ2n) is 8.31. The Morgan fingerprint density at radius 1 is 1.15 bits per heavy atom. The number of nitrogens with one attached hydrogen (secondary N) is 2. The molecule has 1 aromatic rings. The van der Waals surface area contributed by atoms with Crippen LogP contribution in [0.4, 0.5) is 0 Å². The van der Waals surface area contributed by atoms with E-state index in [1.165, 1.54) is 0 Å². The predicted octanol–water partition coefficient (Wildman–Crippen LogP) is 1.98. The molecule has 26 heavy (non-hydrogen) atoms. The van der Waals surface area contributed by atoms with Gasteiger partial charge in [0.2, 0.25) is 5.91 Å². The van der Waals surface area contributed by atoms with Crippen molar-refractivity contribution in [1.82, 2.24) is 10.6 Å². The average molecular weight is 358 g/mol. The number of fused-ring (bicyclic) bond motifs is 1. The SMILES string of the molecule is COc1ccc(C2(C(=O)N[C@H]3C[C@H]4CNC[C@H]4C[C@@H]3O)CCCC2)cc1. The van der Waals surface area contributed by atoms with Crippen LogP contribution < -0.4 is 15.4 Å². The summed E-state index contributed by atoms with van der Waals surface area (Å²) >= 11 is 0. The first kappa shape index (κ1) is 17.8. The minimum absolute atomic E-state index is 0.0913. The maximum Gasteiger partial charge on any atom is 0.230 e. The summed E-state index contributed by atoms with van der Waals surface area (Å²) in [5, 5.41) is 17.2. The average Bonchev–Trinajstić information content (AvgIpc) is 3.32. The number of benzene rings is 1. The number of hydrogen-bond donors (Lipinski definition) is 3. The molecule has 3 N–H and O–H groups in total. The van der Waals surface area contributed by atoms with Gasteiger partial charge in [-0.1, -0.05) is 25.0 Å². The zero-order valence-electron chi connectivity index (χ0n) is 15.5. The minimum Gasteiger partial charge on any atom is -0.497 e.